The van der Waals surface area contributed by atoms with Crippen LogP contribution >= 0.6 is 15.9 Å². The first-order valence-corrected chi connectivity index (χ1v) is 17.3. The lowest BCUT2D eigenvalue weighted by molar-refractivity contribution is 0.0829. The fourth-order valence-electron chi connectivity index (χ4n) is 9.75. The van der Waals surface area contributed by atoms with Crippen LogP contribution in [0.5, 0.6) is 11.8 Å². The number of aromatic nitrogens is 2. The van der Waals surface area contributed by atoms with E-state index in [0.717, 1.165) is 70.5 Å². The first-order chi connectivity index (χ1) is 21.0. The Bertz CT molecular complexity index is 1570. The molecular formula is C34H41BrN6O2. The summed E-state index contributed by atoms with van der Waals surface area (Å²) in [6.45, 7) is 5.42. The number of hydrogen-bond donors (Lipinski definition) is 2. The highest BCUT2D eigenvalue weighted by atomic mass is 79.9. The van der Waals surface area contributed by atoms with Crippen molar-refractivity contribution in [2.24, 2.45) is 5.92 Å². The molecule has 1 aromatic heterocycles. The summed E-state index contributed by atoms with van der Waals surface area (Å²) in [5.74, 6) is 2.21. The molecule has 8 nitrogen and oxygen atoms in total. The van der Waals surface area contributed by atoms with Gasteiger partial charge in [-0.1, -0.05) is 34.5 Å². The van der Waals surface area contributed by atoms with Crippen molar-refractivity contribution in [2.75, 3.05) is 42.6 Å². The fraction of sp³-hybridized carbons (Fsp3) is 0.588. The Morgan fingerprint density at radius 3 is 2.79 bits per heavy atom. The van der Waals surface area contributed by atoms with Gasteiger partial charge in [0.15, 0.2) is 0 Å². The van der Waals surface area contributed by atoms with E-state index in [9.17, 15) is 5.11 Å². The molecule has 5 aliphatic heterocycles. The number of nitrogens with one attached hydrogen (secondary N) is 1. The Hall–Kier alpha value is -2.62. The minimum absolute atomic E-state index is 0.155. The van der Waals surface area contributed by atoms with E-state index < -0.39 is 0 Å². The quantitative estimate of drug-likeness (QED) is 0.383. The maximum absolute atomic E-state index is 10.6. The third-order valence-electron chi connectivity index (χ3n) is 11.6. The molecule has 9 heteroatoms. The van der Waals surface area contributed by atoms with Crippen LogP contribution in [0.15, 0.2) is 34.8 Å². The number of halogens is 1. The molecule has 1 saturated carbocycles. The standard InChI is InChI=1S/C34H41BrN6O2/c35-27-6-1-4-21-14-25(42)15-30(31(21)27)39-13-10-26-28(19-39)37-33(38-32(26)40-17-23-8-9-24(18-40)36-23)43-20-34-11-3-12-41(34)29-7-2-5-22(29)16-34/h1,4,6,14-15,22-24,29,36,42H,2-3,5,7-13,16-20H2/t22-,23?,24?,29-,34-/m0/s1. The average Bonchev–Trinajstić information content (AvgIpc) is 3.76. The van der Waals surface area contributed by atoms with E-state index in [1.807, 2.05) is 18.2 Å². The van der Waals surface area contributed by atoms with Gasteiger partial charge in [0.05, 0.1) is 17.8 Å². The summed E-state index contributed by atoms with van der Waals surface area (Å²) in [7, 11) is 0. The number of phenols is 1. The lowest BCUT2D eigenvalue weighted by atomic mass is 9.90. The van der Waals surface area contributed by atoms with E-state index in [1.54, 1.807) is 0 Å². The maximum Gasteiger partial charge on any atom is 0.318 e. The van der Waals surface area contributed by atoms with Crippen LogP contribution in [0, 0.1) is 5.92 Å². The van der Waals surface area contributed by atoms with Crippen molar-refractivity contribution in [3.8, 4) is 11.8 Å². The van der Waals surface area contributed by atoms with Crippen LogP contribution in [0.2, 0.25) is 0 Å². The highest BCUT2D eigenvalue weighted by Crippen LogP contribution is 2.51. The monoisotopic (exact) mass is 644 g/mol. The first kappa shape index (κ1) is 26.8. The van der Waals surface area contributed by atoms with Crippen molar-refractivity contribution in [2.45, 2.75) is 88.0 Å². The van der Waals surface area contributed by atoms with Crippen LogP contribution < -0.4 is 19.9 Å². The van der Waals surface area contributed by atoms with Gasteiger partial charge in [-0.15, -0.1) is 0 Å². The molecule has 1 aliphatic carbocycles. The zero-order chi connectivity index (χ0) is 28.7. The van der Waals surface area contributed by atoms with Crippen molar-refractivity contribution >= 4 is 38.2 Å². The number of fused-ring (bicyclic) bond motifs is 7. The van der Waals surface area contributed by atoms with E-state index in [1.165, 1.54) is 63.5 Å². The molecule has 5 atom stereocenters. The molecule has 6 heterocycles. The van der Waals surface area contributed by atoms with Gasteiger partial charge < -0.3 is 25.0 Å². The third-order valence-corrected chi connectivity index (χ3v) is 12.2. The minimum atomic E-state index is 0.155. The van der Waals surface area contributed by atoms with Gasteiger partial charge in [0.25, 0.3) is 0 Å². The SMILES string of the molecule is Oc1cc(N2CCc3c(nc(OC[C@@]45CCCN4[C@H]4CCC[C@H]4C5)nc3N3CC4CCC(C3)N4)C2)c2c(Br)cccc2c1. The zero-order valence-electron chi connectivity index (χ0n) is 24.8. The van der Waals surface area contributed by atoms with Gasteiger partial charge in [0, 0.05) is 64.9 Å². The van der Waals surface area contributed by atoms with Gasteiger partial charge in [-0.3, -0.25) is 4.90 Å². The second kappa shape index (κ2) is 10.2. The third kappa shape index (κ3) is 4.44. The Morgan fingerprint density at radius 1 is 1.02 bits per heavy atom. The zero-order valence-corrected chi connectivity index (χ0v) is 26.4. The molecule has 0 spiro atoms. The lowest BCUT2D eigenvalue weighted by Crippen LogP contribution is -2.52. The summed E-state index contributed by atoms with van der Waals surface area (Å²) < 4.78 is 7.74. The predicted octanol–water partition coefficient (Wildman–Crippen LogP) is 5.39. The maximum atomic E-state index is 10.6. The number of benzene rings is 2. The van der Waals surface area contributed by atoms with Crippen LogP contribution in [-0.4, -0.2) is 76.4 Å². The van der Waals surface area contributed by atoms with Crippen LogP contribution in [0.1, 0.15) is 62.6 Å². The molecule has 3 aromatic rings. The van der Waals surface area contributed by atoms with E-state index in [-0.39, 0.29) is 11.3 Å². The Kier molecular flexibility index (Phi) is 6.35. The molecule has 0 radical (unpaired) electrons. The fourth-order valence-corrected chi connectivity index (χ4v) is 10.3. The molecule has 6 aliphatic rings. The minimum Gasteiger partial charge on any atom is -0.508 e. The van der Waals surface area contributed by atoms with E-state index in [0.29, 0.717) is 31.2 Å². The highest BCUT2D eigenvalue weighted by Gasteiger charge is 2.55. The van der Waals surface area contributed by atoms with Crippen molar-refractivity contribution < 1.29 is 9.84 Å². The smallest absolute Gasteiger partial charge is 0.318 e. The summed E-state index contributed by atoms with van der Waals surface area (Å²) in [6.07, 6.45) is 11.2. The molecule has 2 aromatic carbocycles. The van der Waals surface area contributed by atoms with E-state index in [4.69, 9.17) is 14.7 Å². The van der Waals surface area contributed by atoms with Crippen LogP contribution in [-0.2, 0) is 13.0 Å². The number of phenolic OH excluding ortho intramolecular Hbond substituents is 1. The van der Waals surface area contributed by atoms with Gasteiger partial charge in [-0.25, -0.2) is 0 Å². The summed E-state index contributed by atoms with van der Waals surface area (Å²) in [5.41, 5.74) is 3.52. The molecule has 0 amide bonds. The van der Waals surface area contributed by atoms with Crippen LogP contribution in [0.3, 0.4) is 0 Å². The van der Waals surface area contributed by atoms with Crippen molar-refractivity contribution in [3.05, 3.63) is 46.1 Å². The molecule has 226 valence electrons. The van der Waals surface area contributed by atoms with Gasteiger partial charge >= 0.3 is 6.01 Å². The molecule has 43 heavy (non-hydrogen) atoms. The van der Waals surface area contributed by atoms with Gasteiger partial charge in [-0.2, -0.15) is 9.97 Å². The van der Waals surface area contributed by atoms with E-state index >= 15 is 0 Å². The van der Waals surface area contributed by atoms with E-state index in [2.05, 4.69) is 48.1 Å². The van der Waals surface area contributed by atoms with Crippen molar-refractivity contribution in [3.63, 3.8) is 0 Å². The second-order valence-corrected chi connectivity index (χ2v) is 14.9. The number of nitrogens with zero attached hydrogens (tertiary/aromatic N) is 5. The Labute approximate surface area is 261 Å². The number of ether oxygens (including phenoxy) is 1. The molecule has 2 N–H and O–H groups in total. The number of aromatic hydroxyl groups is 1. The number of rotatable bonds is 5. The van der Waals surface area contributed by atoms with Gasteiger partial charge in [-0.05, 0) is 81.3 Å². The molecule has 2 unspecified atom stereocenters. The van der Waals surface area contributed by atoms with Gasteiger partial charge in [0.1, 0.15) is 18.2 Å². The molecule has 5 fully saturated rings. The molecule has 4 saturated heterocycles. The Balaban J connectivity index is 1.06. The largest absolute Gasteiger partial charge is 0.508 e. The van der Waals surface area contributed by atoms with Crippen LogP contribution in [0.4, 0.5) is 11.5 Å². The molecule has 9 rings (SSSR count). The summed E-state index contributed by atoms with van der Waals surface area (Å²) in [5, 5.41) is 16.6. The number of piperazine rings is 1. The van der Waals surface area contributed by atoms with Crippen molar-refractivity contribution in [1.82, 2.24) is 20.2 Å². The van der Waals surface area contributed by atoms with Crippen LogP contribution in [0.25, 0.3) is 10.8 Å². The number of anilines is 2. The highest BCUT2D eigenvalue weighted by molar-refractivity contribution is 9.10. The van der Waals surface area contributed by atoms with Gasteiger partial charge in [0.2, 0.25) is 0 Å². The topological polar surface area (TPSA) is 77.0 Å². The first-order valence-electron chi connectivity index (χ1n) is 16.5. The average molecular weight is 646 g/mol. The predicted molar refractivity (Wildman–Crippen MR) is 172 cm³/mol. The molecular weight excluding hydrogens is 604 g/mol. The lowest BCUT2D eigenvalue weighted by Gasteiger charge is -2.38. The number of hydrogen-bond acceptors (Lipinski definition) is 8. The second-order valence-electron chi connectivity index (χ2n) is 14.0. The Morgan fingerprint density at radius 2 is 1.91 bits per heavy atom. The summed E-state index contributed by atoms with van der Waals surface area (Å²) in [4.78, 5) is 18.1. The molecule has 2 bridgehead atoms. The normalized spacial score (nSPS) is 31.5. The summed E-state index contributed by atoms with van der Waals surface area (Å²) in [6, 6.07) is 12.3. The summed E-state index contributed by atoms with van der Waals surface area (Å²) >= 11 is 3.78. The van der Waals surface area contributed by atoms with Crippen molar-refractivity contribution in [1.29, 1.82) is 0 Å².